The second kappa shape index (κ2) is 7.24. The Bertz CT molecular complexity index is 793. The number of nitrogens with one attached hydrogen (secondary N) is 1. The highest BCUT2D eigenvalue weighted by molar-refractivity contribution is 6.41. The van der Waals surface area contributed by atoms with Gasteiger partial charge in [0.1, 0.15) is 5.75 Å². The molecule has 2 rings (SSSR count). The lowest BCUT2D eigenvalue weighted by Gasteiger charge is -2.12. The number of amides is 1. The molecule has 0 atom stereocenters. The number of carbonyl (C=O) groups is 2. The maximum atomic E-state index is 12.8. The first-order valence-electron chi connectivity index (χ1n) is 7.35. The minimum absolute atomic E-state index is 0.0610. The summed E-state index contributed by atoms with van der Waals surface area (Å²) in [5.41, 5.74) is 1.63. The molecule has 0 unspecified atom stereocenters. The van der Waals surface area contributed by atoms with Gasteiger partial charge in [-0.3, -0.25) is 9.59 Å². The second-order valence-electron chi connectivity index (χ2n) is 5.75. The van der Waals surface area contributed by atoms with E-state index >= 15 is 0 Å². The Balaban J connectivity index is 2.47. The lowest BCUT2D eigenvalue weighted by Crippen LogP contribution is -2.08. The highest BCUT2D eigenvalue weighted by atomic mass is 35.5. The van der Waals surface area contributed by atoms with Crippen LogP contribution in [0.5, 0.6) is 5.75 Å². The van der Waals surface area contributed by atoms with Gasteiger partial charge < -0.3 is 10.4 Å². The number of hydrogen-bond acceptors (Lipinski definition) is 3. The van der Waals surface area contributed by atoms with Crippen LogP contribution in [0, 0.1) is 0 Å². The van der Waals surface area contributed by atoms with E-state index in [4.69, 9.17) is 23.2 Å². The van der Waals surface area contributed by atoms with Crippen molar-refractivity contribution in [3.05, 3.63) is 57.1 Å². The van der Waals surface area contributed by atoms with Gasteiger partial charge in [-0.25, -0.2) is 0 Å². The topological polar surface area (TPSA) is 66.4 Å². The van der Waals surface area contributed by atoms with Gasteiger partial charge in [-0.2, -0.15) is 0 Å². The number of rotatable bonds is 4. The molecule has 1 amide bonds. The van der Waals surface area contributed by atoms with Crippen LogP contribution in [0.1, 0.15) is 48.2 Å². The smallest absolute Gasteiger partial charge is 0.221 e. The van der Waals surface area contributed by atoms with E-state index in [1.54, 1.807) is 6.07 Å². The summed E-state index contributed by atoms with van der Waals surface area (Å²) in [6.45, 7) is 5.21. The first-order valence-corrected chi connectivity index (χ1v) is 8.10. The zero-order valence-corrected chi connectivity index (χ0v) is 15.0. The van der Waals surface area contributed by atoms with Gasteiger partial charge in [-0.1, -0.05) is 37.0 Å². The molecule has 0 heterocycles. The van der Waals surface area contributed by atoms with Crippen LogP contribution in [0.25, 0.3) is 0 Å². The van der Waals surface area contributed by atoms with Crippen LogP contribution in [-0.2, 0) is 4.79 Å². The summed E-state index contributed by atoms with van der Waals surface area (Å²) >= 11 is 12.4. The van der Waals surface area contributed by atoms with Crippen molar-refractivity contribution in [3.63, 3.8) is 0 Å². The van der Waals surface area contributed by atoms with E-state index < -0.39 is 0 Å². The number of halogens is 2. The third-order valence-electron chi connectivity index (χ3n) is 3.50. The first-order chi connectivity index (χ1) is 11.2. The molecule has 0 aliphatic rings. The van der Waals surface area contributed by atoms with Crippen molar-refractivity contribution in [2.75, 3.05) is 5.32 Å². The molecule has 126 valence electrons. The van der Waals surface area contributed by atoms with Crippen molar-refractivity contribution in [1.29, 1.82) is 0 Å². The Kier molecular flexibility index (Phi) is 5.52. The van der Waals surface area contributed by atoms with Crippen molar-refractivity contribution in [2.24, 2.45) is 0 Å². The summed E-state index contributed by atoms with van der Waals surface area (Å²) in [7, 11) is 0. The third kappa shape index (κ3) is 3.89. The molecule has 0 spiro atoms. The van der Waals surface area contributed by atoms with Gasteiger partial charge in [0.25, 0.3) is 0 Å². The summed E-state index contributed by atoms with van der Waals surface area (Å²) in [6.07, 6.45) is 0. The van der Waals surface area contributed by atoms with Gasteiger partial charge in [0.2, 0.25) is 5.91 Å². The Hall–Kier alpha value is -2.04. The molecule has 0 aromatic heterocycles. The monoisotopic (exact) mass is 365 g/mol. The average Bonchev–Trinajstić information content (AvgIpc) is 2.45. The summed E-state index contributed by atoms with van der Waals surface area (Å²) in [5.74, 6) is -0.409. The minimum Gasteiger partial charge on any atom is -0.508 e. The number of phenolic OH excluding ortho intramolecular Hbond substituents is 1. The van der Waals surface area contributed by atoms with Crippen molar-refractivity contribution < 1.29 is 14.7 Å². The highest BCUT2D eigenvalue weighted by Gasteiger charge is 2.20. The third-order valence-corrected chi connectivity index (χ3v) is 4.10. The van der Waals surface area contributed by atoms with Crippen molar-refractivity contribution in [3.8, 4) is 5.75 Å². The van der Waals surface area contributed by atoms with E-state index in [9.17, 15) is 14.7 Å². The van der Waals surface area contributed by atoms with Gasteiger partial charge in [-0.05, 0) is 41.8 Å². The van der Waals surface area contributed by atoms with Crippen LogP contribution >= 0.6 is 23.2 Å². The largest absolute Gasteiger partial charge is 0.508 e. The van der Waals surface area contributed by atoms with Crippen molar-refractivity contribution in [2.45, 2.75) is 26.7 Å². The molecule has 2 N–H and O–H groups in total. The lowest BCUT2D eigenvalue weighted by atomic mass is 9.95. The average molecular weight is 366 g/mol. The molecule has 2 aromatic carbocycles. The molecule has 0 fully saturated rings. The highest BCUT2D eigenvalue weighted by Crippen LogP contribution is 2.33. The minimum atomic E-state index is -0.346. The van der Waals surface area contributed by atoms with E-state index in [1.165, 1.54) is 31.2 Å². The molecule has 0 radical (unpaired) electrons. The van der Waals surface area contributed by atoms with Gasteiger partial charge in [-0.15, -0.1) is 0 Å². The lowest BCUT2D eigenvalue weighted by molar-refractivity contribution is -0.114. The fourth-order valence-corrected chi connectivity index (χ4v) is 3.03. The molecule has 0 saturated heterocycles. The summed E-state index contributed by atoms with van der Waals surface area (Å²) in [5, 5.41) is 12.8. The first kappa shape index (κ1) is 18.3. The van der Waals surface area contributed by atoms with Crippen LogP contribution in [0.2, 0.25) is 10.0 Å². The predicted molar refractivity (Wildman–Crippen MR) is 96.4 cm³/mol. The maximum Gasteiger partial charge on any atom is 0.221 e. The van der Waals surface area contributed by atoms with Crippen LogP contribution in [0.3, 0.4) is 0 Å². The Morgan fingerprint density at radius 3 is 2.17 bits per heavy atom. The zero-order chi connectivity index (χ0) is 18.0. The summed E-state index contributed by atoms with van der Waals surface area (Å²) in [6, 6.07) is 7.60. The van der Waals surface area contributed by atoms with E-state index in [1.807, 2.05) is 13.8 Å². The molecule has 2 aromatic rings. The Morgan fingerprint density at radius 2 is 1.67 bits per heavy atom. The molecule has 0 aliphatic carbocycles. The summed E-state index contributed by atoms with van der Waals surface area (Å²) in [4.78, 5) is 23.9. The number of hydrogen-bond donors (Lipinski definition) is 2. The van der Waals surface area contributed by atoms with E-state index in [0.29, 0.717) is 16.8 Å². The molecule has 0 bridgehead atoms. The molecule has 6 heteroatoms. The number of phenols is 1. The number of ketones is 1. The van der Waals surface area contributed by atoms with Gasteiger partial charge >= 0.3 is 0 Å². The fourth-order valence-electron chi connectivity index (χ4n) is 2.37. The second-order valence-corrected chi connectivity index (χ2v) is 6.57. The standard InChI is InChI=1S/C18H17Cl2NO3/c1-9(2)13-6-11(4-5-16(13)23)18(24)17-14(19)7-12(8-15(17)20)21-10(3)22/h4-9,23H,1-3H3,(H,21,22). The molecule has 24 heavy (non-hydrogen) atoms. The van der Waals surface area contributed by atoms with E-state index in [2.05, 4.69) is 5.32 Å². The molecular weight excluding hydrogens is 349 g/mol. The SMILES string of the molecule is CC(=O)Nc1cc(Cl)c(C(=O)c2ccc(O)c(C(C)C)c2)c(Cl)c1. The number of anilines is 1. The molecule has 0 aliphatic heterocycles. The number of benzene rings is 2. The van der Waals surface area contributed by atoms with Crippen LogP contribution in [0.15, 0.2) is 30.3 Å². The zero-order valence-electron chi connectivity index (χ0n) is 13.5. The van der Waals surface area contributed by atoms with Crippen LogP contribution in [0.4, 0.5) is 5.69 Å². The van der Waals surface area contributed by atoms with E-state index in [0.717, 1.165) is 0 Å². The predicted octanol–water partition coefficient (Wildman–Crippen LogP) is 5.01. The van der Waals surface area contributed by atoms with Crippen LogP contribution in [-0.4, -0.2) is 16.8 Å². The van der Waals surface area contributed by atoms with Gasteiger partial charge in [0.15, 0.2) is 5.78 Å². The fraction of sp³-hybridized carbons (Fsp3) is 0.222. The van der Waals surface area contributed by atoms with Crippen molar-refractivity contribution >= 4 is 40.6 Å². The van der Waals surface area contributed by atoms with E-state index in [-0.39, 0.29) is 39.0 Å². The number of carbonyl (C=O) groups excluding carboxylic acids is 2. The Morgan fingerprint density at radius 1 is 1.08 bits per heavy atom. The molecule has 4 nitrogen and oxygen atoms in total. The quantitative estimate of drug-likeness (QED) is 0.748. The van der Waals surface area contributed by atoms with Crippen molar-refractivity contribution in [1.82, 2.24) is 0 Å². The van der Waals surface area contributed by atoms with Gasteiger partial charge in [0.05, 0.1) is 15.6 Å². The summed E-state index contributed by atoms with van der Waals surface area (Å²) < 4.78 is 0. The van der Waals surface area contributed by atoms with Gasteiger partial charge in [0, 0.05) is 18.2 Å². The molecular formula is C18H17Cl2NO3. The maximum absolute atomic E-state index is 12.8. The normalized spacial score (nSPS) is 10.8. The Labute approximate surface area is 150 Å². The van der Waals surface area contributed by atoms with Crippen LogP contribution < -0.4 is 5.32 Å². The molecule has 0 saturated carbocycles. The number of aromatic hydroxyl groups is 1.